The number of rotatable bonds is 8. The Morgan fingerprint density at radius 1 is 1.26 bits per heavy atom. The summed E-state index contributed by atoms with van der Waals surface area (Å²) in [6.07, 6.45) is -2.18. The lowest BCUT2D eigenvalue weighted by Gasteiger charge is -2.15. The van der Waals surface area contributed by atoms with Crippen LogP contribution in [-0.4, -0.2) is 34.6 Å². The standard InChI is InChI=1S/C21H23F3N4O3/c1-12-9-16(10-17(26-12)28-19(29)14-3-4-14)20(30)27-13(2)15-5-6-18(25-11-15)31-8-7-21(22,23)24/h5-6,9-11,13-14H,3-4,7-8H2,1-2H3,(H,27,30)(H,26,28,29). The summed E-state index contributed by atoms with van der Waals surface area (Å²) in [6.45, 7) is 2.97. The number of nitrogens with one attached hydrogen (secondary N) is 2. The second kappa shape index (κ2) is 9.32. The molecule has 1 fully saturated rings. The second-order valence-corrected chi connectivity index (χ2v) is 7.48. The van der Waals surface area contributed by atoms with Crippen LogP contribution >= 0.6 is 0 Å². The highest BCUT2D eigenvalue weighted by atomic mass is 19.4. The van der Waals surface area contributed by atoms with Crippen LogP contribution in [0.25, 0.3) is 0 Å². The van der Waals surface area contributed by atoms with E-state index >= 15 is 0 Å². The van der Waals surface area contributed by atoms with E-state index < -0.39 is 25.2 Å². The average molecular weight is 436 g/mol. The van der Waals surface area contributed by atoms with Gasteiger partial charge in [-0.05, 0) is 44.4 Å². The Labute approximate surface area is 177 Å². The van der Waals surface area contributed by atoms with Crippen molar-refractivity contribution < 1.29 is 27.5 Å². The predicted molar refractivity (Wildman–Crippen MR) is 107 cm³/mol. The van der Waals surface area contributed by atoms with Gasteiger partial charge in [0.1, 0.15) is 5.82 Å². The number of pyridine rings is 2. The maximum atomic E-state index is 12.7. The van der Waals surface area contributed by atoms with Crippen LogP contribution < -0.4 is 15.4 Å². The number of aryl methyl sites for hydroxylation is 1. The number of alkyl halides is 3. The van der Waals surface area contributed by atoms with Crippen molar-refractivity contribution in [3.05, 3.63) is 47.3 Å². The van der Waals surface area contributed by atoms with Crippen molar-refractivity contribution in [2.24, 2.45) is 5.92 Å². The lowest BCUT2D eigenvalue weighted by atomic mass is 10.1. The predicted octanol–water partition coefficient (Wildman–Crippen LogP) is 3.96. The molecule has 2 heterocycles. The molecule has 0 saturated heterocycles. The number of amides is 2. The highest BCUT2D eigenvalue weighted by Crippen LogP contribution is 2.30. The van der Waals surface area contributed by atoms with Crippen LogP contribution in [-0.2, 0) is 4.79 Å². The van der Waals surface area contributed by atoms with Gasteiger partial charge in [-0.25, -0.2) is 9.97 Å². The minimum Gasteiger partial charge on any atom is -0.477 e. The van der Waals surface area contributed by atoms with E-state index in [0.29, 0.717) is 22.6 Å². The molecular weight excluding hydrogens is 413 g/mol. The lowest BCUT2D eigenvalue weighted by Crippen LogP contribution is -2.27. The summed E-state index contributed by atoms with van der Waals surface area (Å²) in [6, 6.07) is 5.80. The maximum Gasteiger partial charge on any atom is 0.392 e. The second-order valence-electron chi connectivity index (χ2n) is 7.48. The van der Waals surface area contributed by atoms with Gasteiger partial charge in [0.05, 0.1) is 19.1 Å². The van der Waals surface area contributed by atoms with Crippen LogP contribution in [0, 0.1) is 12.8 Å². The number of carbonyl (C=O) groups is 2. The van der Waals surface area contributed by atoms with E-state index in [-0.39, 0.29) is 23.6 Å². The fourth-order valence-corrected chi connectivity index (χ4v) is 2.81. The highest BCUT2D eigenvalue weighted by Gasteiger charge is 2.30. The number of ether oxygens (including phenoxy) is 1. The van der Waals surface area contributed by atoms with Gasteiger partial charge in [-0.1, -0.05) is 6.07 Å². The molecule has 2 N–H and O–H groups in total. The Morgan fingerprint density at radius 2 is 2.00 bits per heavy atom. The lowest BCUT2D eigenvalue weighted by molar-refractivity contribution is -0.139. The molecule has 0 radical (unpaired) electrons. The van der Waals surface area contributed by atoms with Crippen molar-refractivity contribution in [3.63, 3.8) is 0 Å². The molecule has 3 rings (SSSR count). The first-order chi connectivity index (χ1) is 14.6. The third-order valence-electron chi connectivity index (χ3n) is 4.66. The van der Waals surface area contributed by atoms with Gasteiger partial charge in [-0.15, -0.1) is 0 Å². The van der Waals surface area contributed by atoms with Gasteiger partial charge in [0.25, 0.3) is 5.91 Å². The summed E-state index contributed by atoms with van der Waals surface area (Å²) >= 11 is 0. The van der Waals surface area contributed by atoms with Crippen molar-refractivity contribution >= 4 is 17.6 Å². The van der Waals surface area contributed by atoms with Crippen LogP contribution in [0.4, 0.5) is 19.0 Å². The molecule has 1 aliphatic rings. The summed E-state index contributed by atoms with van der Waals surface area (Å²) in [4.78, 5) is 32.8. The number of aromatic nitrogens is 2. The van der Waals surface area contributed by atoms with E-state index in [2.05, 4.69) is 20.6 Å². The number of hydrogen-bond donors (Lipinski definition) is 2. The Bertz CT molecular complexity index is 944. The van der Waals surface area contributed by atoms with Crippen LogP contribution in [0.1, 0.15) is 53.8 Å². The molecule has 1 saturated carbocycles. The first-order valence-electron chi connectivity index (χ1n) is 9.86. The van der Waals surface area contributed by atoms with Crippen LogP contribution in [0.2, 0.25) is 0 Å². The van der Waals surface area contributed by atoms with Crippen LogP contribution in [0.3, 0.4) is 0 Å². The van der Waals surface area contributed by atoms with Gasteiger partial charge in [0, 0.05) is 29.4 Å². The van der Waals surface area contributed by atoms with E-state index in [1.54, 1.807) is 26.0 Å². The van der Waals surface area contributed by atoms with Crippen LogP contribution in [0.15, 0.2) is 30.5 Å². The Morgan fingerprint density at radius 3 is 2.61 bits per heavy atom. The summed E-state index contributed by atoms with van der Waals surface area (Å²) in [5, 5.41) is 5.56. The Hall–Kier alpha value is -3.17. The molecule has 2 aromatic rings. The van der Waals surface area contributed by atoms with E-state index in [1.807, 2.05) is 0 Å². The minimum atomic E-state index is -4.29. The smallest absolute Gasteiger partial charge is 0.392 e. The van der Waals surface area contributed by atoms with Gasteiger partial charge in [-0.2, -0.15) is 13.2 Å². The number of hydrogen-bond acceptors (Lipinski definition) is 5. The van der Waals surface area contributed by atoms with E-state index in [1.165, 1.54) is 18.3 Å². The van der Waals surface area contributed by atoms with Gasteiger partial charge >= 0.3 is 6.18 Å². The molecule has 166 valence electrons. The first kappa shape index (κ1) is 22.5. The fourth-order valence-electron chi connectivity index (χ4n) is 2.81. The molecule has 0 spiro atoms. The van der Waals surface area contributed by atoms with Crippen molar-refractivity contribution in [2.45, 2.75) is 45.3 Å². The maximum absolute atomic E-state index is 12.7. The van der Waals surface area contributed by atoms with Crippen molar-refractivity contribution in [1.29, 1.82) is 0 Å². The molecule has 0 bridgehead atoms. The molecule has 1 unspecified atom stereocenters. The monoisotopic (exact) mass is 436 g/mol. The molecule has 0 aliphatic heterocycles. The number of nitrogens with zero attached hydrogens (tertiary/aromatic N) is 2. The van der Waals surface area contributed by atoms with Crippen molar-refractivity contribution in [3.8, 4) is 5.88 Å². The SMILES string of the molecule is Cc1cc(C(=O)NC(C)c2ccc(OCCC(F)(F)F)nc2)cc(NC(=O)C2CC2)n1. The number of anilines is 1. The molecule has 2 aromatic heterocycles. The van der Waals surface area contributed by atoms with Crippen molar-refractivity contribution in [2.75, 3.05) is 11.9 Å². The van der Waals surface area contributed by atoms with Gasteiger partial charge < -0.3 is 15.4 Å². The molecule has 31 heavy (non-hydrogen) atoms. The molecule has 1 aliphatic carbocycles. The molecule has 2 amide bonds. The van der Waals surface area contributed by atoms with E-state index in [0.717, 1.165) is 12.8 Å². The van der Waals surface area contributed by atoms with Gasteiger partial charge in [-0.3, -0.25) is 9.59 Å². The van der Waals surface area contributed by atoms with Crippen LogP contribution in [0.5, 0.6) is 5.88 Å². The molecule has 0 aromatic carbocycles. The molecule has 10 heteroatoms. The summed E-state index contributed by atoms with van der Waals surface area (Å²) in [5.41, 5.74) is 1.60. The topological polar surface area (TPSA) is 93.2 Å². The van der Waals surface area contributed by atoms with Crippen molar-refractivity contribution in [1.82, 2.24) is 15.3 Å². The molecule has 1 atom stereocenters. The van der Waals surface area contributed by atoms with Gasteiger partial charge in [0.15, 0.2) is 0 Å². The van der Waals surface area contributed by atoms with E-state index in [4.69, 9.17) is 4.74 Å². The third kappa shape index (κ3) is 6.94. The zero-order valence-electron chi connectivity index (χ0n) is 17.1. The molecule has 7 nitrogen and oxygen atoms in total. The van der Waals surface area contributed by atoms with Gasteiger partial charge in [0.2, 0.25) is 11.8 Å². The average Bonchev–Trinajstić information content (AvgIpc) is 3.52. The zero-order chi connectivity index (χ0) is 22.6. The number of halogens is 3. The highest BCUT2D eigenvalue weighted by molar-refractivity contribution is 5.97. The number of carbonyl (C=O) groups excluding carboxylic acids is 2. The zero-order valence-corrected chi connectivity index (χ0v) is 17.1. The Balaban J connectivity index is 1.58. The largest absolute Gasteiger partial charge is 0.477 e. The summed E-state index contributed by atoms with van der Waals surface area (Å²) in [7, 11) is 0. The molecular formula is C21H23F3N4O3. The fraction of sp³-hybridized carbons (Fsp3) is 0.429. The van der Waals surface area contributed by atoms with E-state index in [9.17, 15) is 22.8 Å². The summed E-state index contributed by atoms with van der Waals surface area (Å²) < 4.78 is 41.5. The third-order valence-corrected chi connectivity index (χ3v) is 4.66. The normalized spacial score (nSPS) is 14.6. The first-order valence-corrected chi connectivity index (χ1v) is 9.86. The minimum absolute atomic E-state index is 0.0209. The Kier molecular flexibility index (Phi) is 6.77. The quantitative estimate of drug-likeness (QED) is 0.654. The summed E-state index contributed by atoms with van der Waals surface area (Å²) in [5.74, 6) is -0.0246.